The zero-order chi connectivity index (χ0) is 20.8. The summed E-state index contributed by atoms with van der Waals surface area (Å²) in [7, 11) is 0. The van der Waals surface area contributed by atoms with Crippen LogP contribution in [0.5, 0.6) is 0 Å². The average Bonchev–Trinajstić information content (AvgIpc) is 2.74. The summed E-state index contributed by atoms with van der Waals surface area (Å²) in [6, 6.07) is 14.6. The van der Waals surface area contributed by atoms with Crippen LogP contribution in [0.1, 0.15) is 52.7 Å². The molecule has 6 heteroatoms. The maximum absolute atomic E-state index is 12.6. The molecule has 1 heterocycles. The molecule has 3 rings (SSSR count). The number of ketones is 1. The Morgan fingerprint density at radius 2 is 1.59 bits per heavy atom. The van der Waals surface area contributed by atoms with Gasteiger partial charge < -0.3 is 10.6 Å². The van der Waals surface area contributed by atoms with Crippen molar-refractivity contribution in [2.45, 2.75) is 33.6 Å². The van der Waals surface area contributed by atoms with Crippen molar-refractivity contribution in [2.24, 2.45) is 0 Å². The van der Waals surface area contributed by atoms with Crippen molar-refractivity contribution in [3.63, 3.8) is 0 Å². The molecule has 1 amide bonds. The van der Waals surface area contributed by atoms with Gasteiger partial charge in [0.05, 0.1) is 0 Å². The Labute approximate surface area is 170 Å². The first-order chi connectivity index (χ1) is 14.0. The van der Waals surface area contributed by atoms with Crippen molar-refractivity contribution < 1.29 is 9.59 Å². The van der Waals surface area contributed by atoms with Gasteiger partial charge in [0, 0.05) is 23.0 Å². The lowest BCUT2D eigenvalue weighted by molar-refractivity contribution is 0.101. The number of hydrogen-bond acceptors (Lipinski definition) is 5. The van der Waals surface area contributed by atoms with Gasteiger partial charge in [-0.05, 0) is 55.2 Å². The highest BCUT2D eigenvalue weighted by molar-refractivity contribution is 6.03. The van der Waals surface area contributed by atoms with Crippen LogP contribution < -0.4 is 10.6 Å². The predicted molar refractivity (Wildman–Crippen MR) is 115 cm³/mol. The number of carbonyl (C=O) groups is 2. The number of anilines is 3. The van der Waals surface area contributed by atoms with Crippen LogP contribution >= 0.6 is 0 Å². The fourth-order valence-corrected chi connectivity index (χ4v) is 3.06. The van der Waals surface area contributed by atoms with Crippen molar-refractivity contribution >= 4 is 28.9 Å². The largest absolute Gasteiger partial charge is 0.340 e. The molecule has 0 spiro atoms. The van der Waals surface area contributed by atoms with Gasteiger partial charge in [0.2, 0.25) is 0 Å². The van der Waals surface area contributed by atoms with E-state index >= 15 is 0 Å². The molecular weight excluding hydrogens is 364 g/mol. The fraction of sp³-hybridized carbons (Fsp3) is 0.217. The van der Waals surface area contributed by atoms with Gasteiger partial charge in [-0.15, -0.1) is 0 Å². The Morgan fingerprint density at radius 1 is 0.931 bits per heavy atom. The van der Waals surface area contributed by atoms with Crippen LogP contribution in [-0.2, 0) is 12.8 Å². The van der Waals surface area contributed by atoms with Crippen LogP contribution in [0.15, 0.2) is 54.9 Å². The van der Waals surface area contributed by atoms with Gasteiger partial charge in [-0.25, -0.2) is 9.97 Å². The molecule has 0 bridgehead atoms. The fourth-order valence-electron chi connectivity index (χ4n) is 3.06. The standard InChI is InChI=1S/C23H24N4O2/c1-4-16-7-6-8-17(5-2)22(16)27-21-13-20(24-14-25-21)23(29)26-19-11-9-18(10-12-19)15(3)28/h6-14H,4-5H2,1-3H3,(H,26,29)(H,24,25,27). The average molecular weight is 388 g/mol. The van der Waals surface area contributed by atoms with Crippen LogP contribution in [0.25, 0.3) is 0 Å². The van der Waals surface area contributed by atoms with E-state index < -0.39 is 0 Å². The highest BCUT2D eigenvalue weighted by Crippen LogP contribution is 2.26. The summed E-state index contributed by atoms with van der Waals surface area (Å²) in [6.07, 6.45) is 3.16. The number of aromatic nitrogens is 2. The van der Waals surface area contributed by atoms with Crippen molar-refractivity contribution in [3.05, 3.63) is 77.2 Å². The summed E-state index contributed by atoms with van der Waals surface area (Å²) in [5, 5.41) is 6.15. The minimum atomic E-state index is -0.342. The molecule has 148 valence electrons. The van der Waals surface area contributed by atoms with Crippen LogP contribution in [0.3, 0.4) is 0 Å². The summed E-state index contributed by atoms with van der Waals surface area (Å²) >= 11 is 0. The zero-order valence-electron chi connectivity index (χ0n) is 16.8. The molecule has 6 nitrogen and oxygen atoms in total. The van der Waals surface area contributed by atoms with Gasteiger partial charge in [-0.2, -0.15) is 0 Å². The third-order valence-electron chi connectivity index (χ3n) is 4.70. The molecule has 2 aromatic carbocycles. The molecule has 0 fully saturated rings. The number of hydrogen-bond donors (Lipinski definition) is 2. The normalized spacial score (nSPS) is 10.4. The topological polar surface area (TPSA) is 84.0 Å². The van der Waals surface area contributed by atoms with Crippen molar-refractivity contribution in [1.29, 1.82) is 0 Å². The van der Waals surface area contributed by atoms with Crippen molar-refractivity contribution in [2.75, 3.05) is 10.6 Å². The molecule has 0 aliphatic rings. The first-order valence-electron chi connectivity index (χ1n) is 9.64. The number of nitrogens with one attached hydrogen (secondary N) is 2. The Hall–Kier alpha value is -3.54. The van der Waals surface area contributed by atoms with Crippen LogP contribution in [0.4, 0.5) is 17.2 Å². The number of nitrogens with zero attached hydrogens (tertiary/aromatic N) is 2. The van der Waals surface area contributed by atoms with Gasteiger partial charge in [-0.3, -0.25) is 9.59 Å². The first-order valence-corrected chi connectivity index (χ1v) is 9.64. The lowest BCUT2D eigenvalue weighted by atomic mass is 10.0. The van der Waals surface area contributed by atoms with Crippen molar-refractivity contribution in [3.8, 4) is 0 Å². The molecule has 1 aromatic heterocycles. The molecule has 0 saturated heterocycles. The smallest absolute Gasteiger partial charge is 0.274 e. The summed E-state index contributed by atoms with van der Waals surface area (Å²) in [5.74, 6) is 0.200. The summed E-state index contributed by atoms with van der Waals surface area (Å²) in [6.45, 7) is 5.72. The van der Waals surface area contributed by atoms with E-state index in [1.807, 2.05) is 0 Å². The van der Waals surface area contributed by atoms with E-state index in [9.17, 15) is 9.59 Å². The van der Waals surface area contributed by atoms with E-state index in [4.69, 9.17) is 0 Å². The maximum Gasteiger partial charge on any atom is 0.274 e. The van der Waals surface area contributed by atoms with E-state index in [1.54, 1.807) is 30.3 Å². The van der Waals surface area contributed by atoms with E-state index in [0.29, 0.717) is 17.1 Å². The number of para-hydroxylation sites is 1. The summed E-state index contributed by atoms with van der Waals surface area (Å²) in [5.41, 5.74) is 4.86. The molecule has 0 atom stereocenters. The van der Waals surface area contributed by atoms with Gasteiger partial charge in [0.15, 0.2) is 5.78 Å². The Morgan fingerprint density at radius 3 is 2.17 bits per heavy atom. The number of aryl methyl sites for hydroxylation is 2. The second-order valence-corrected chi connectivity index (χ2v) is 6.66. The lowest BCUT2D eigenvalue weighted by Gasteiger charge is -2.15. The van der Waals surface area contributed by atoms with Gasteiger partial charge in [-0.1, -0.05) is 32.0 Å². The second-order valence-electron chi connectivity index (χ2n) is 6.66. The number of Topliss-reactive ketones (excluding diaryl/α,β-unsaturated/α-hetero) is 1. The first kappa shape index (κ1) is 20.2. The summed E-state index contributed by atoms with van der Waals surface area (Å²) in [4.78, 5) is 32.3. The molecule has 0 aliphatic heterocycles. The van der Waals surface area contributed by atoms with Gasteiger partial charge in [0.1, 0.15) is 17.8 Å². The quantitative estimate of drug-likeness (QED) is 0.568. The highest BCUT2D eigenvalue weighted by Gasteiger charge is 2.12. The molecule has 0 radical (unpaired) electrons. The predicted octanol–water partition coefficient (Wildman–Crippen LogP) is 4.80. The molecule has 0 saturated carbocycles. The van der Waals surface area contributed by atoms with Gasteiger partial charge >= 0.3 is 0 Å². The second kappa shape index (κ2) is 9.10. The molecule has 3 aromatic rings. The maximum atomic E-state index is 12.6. The minimum Gasteiger partial charge on any atom is -0.340 e. The number of amides is 1. The molecule has 29 heavy (non-hydrogen) atoms. The van der Waals surface area contributed by atoms with E-state index in [-0.39, 0.29) is 17.4 Å². The Bertz CT molecular complexity index is 1010. The Kier molecular flexibility index (Phi) is 6.34. The number of benzene rings is 2. The van der Waals surface area contributed by atoms with Crippen LogP contribution in [0.2, 0.25) is 0 Å². The minimum absolute atomic E-state index is 0.0202. The van der Waals surface area contributed by atoms with Crippen LogP contribution in [-0.4, -0.2) is 21.7 Å². The van der Waals surface area contributed by atoms with E-state index in [0.717, 1.165) is 18.5 Å². The summed E-state index contributed by atoms with van der Waals surface area (Å²) < 4.78 is 0. The van der Waals surface area contributed by atoms with Gasteiger partial charge in [0.25, 0.3) is 5.91 Å². The monoisotopic (exact) mass is 388 g/mol. The van der Waals surface area contributed by atoms with E-state index in [2.05, 4.69) is 52.6 Å². The number of rotatable bonds is 7. The number of carbonyl (C=O) groups excluding carboxylic acids is 2. The molecule has 0 unspecified atom stereocenters. The third kappa shape index (κ3) is 4.85. The SMILES string of the molecule is CCc1cccc(CC)c1Nc1cc(C(=O)Nc2ccc(C(C)=O)cc2)ncn1. The Balaban J connectivity index is 1.79. The van der Waals surface area contributed by atoms with Crippen molar-refractivity contribution in [1.82, 2.24) is 9.97 Å². The zero-order valence-corrected chi connectivity index (χ0v) is 16.8. The highest BCUT2D eigenvalue weighted by atomic mass is 16.2. The van der Waals surface area contributed by atoms with E-state index in [1.165, 1.54) is 24.4 Å². The molecule has 0 aliphatic carbocycles. The molecule has 2 N–H and O–H groups in total. The molecular formula is C23H24N4O2. The van der Waals surface area contributed by atoms with Crippen LogP contribution in [0, 0.1) is 0 Å². The lowest BCUT2D eigenvalue weighted by Crippen LogP contribution is -2.14. The third-order valence-corrected chi connectivity index (χ3v) is 4.70.